The van der Waals surface area contributed by atoms with Gasteiger partial charge in [-0.25, -0.2) is 0 Å². The average molecular weight is 287 g/mol. The zero-order valence-electron chi connectivity index (χ0n) is 13.2. The topological polar surface area (TPSA) is 40.5 Å². The van der Waals surface area contributed by atoms with Gasteiger partial charge in [0.15, 0.2) is 0 Å². The highest BCUT2D eigenvalue weighted by molar-refractivity contribution is 5.92. The maximum atomic E-state index is 12.3. The molecule has 1 aliphatic rings. The molecule has 0 radical (unpaired) electrons. The summed E-state index contributed by atoms with van der Waals surface area (Å²) in [6.45, 7) is 6.70. The summed E-state index contributed by atoms with van der Waals surface area (Å²) in [4.78, 5) is 14.2. The van der Waals surface area contributed by atoms with Crippen LogP contribution in [-0.2, 0) is 4.79 Å². The molecule has 0 aliphatic carbocycles. The summed E-state index contributed by atoms with van der Waals surface area (Å²) in [5.74, 6) is 0.0531. The minimum atomic E-state index is -0.355. The molecule has 1 aromatic carbocycles. The van der Waals surface area contributed by atoms with E-state index in [-0.39, 0.29) is 18.1 Å². The van der Waals surface area contributed by atoms with Gasteiger partial charge in [0.05, 0.1) is 6.10 Å². The third-order valence-corrected chi connectivity index (χ3v) is 3.94. The fourth-order valence-electron chi connectivity index (χ4n) is 3.13. The van der Waals surface area contributed by atoms with Crippen LogP contribution in [0.4, 0.5) is 0 Å². The number of hydrogen-bond acceptors (Lipinski definition) is 2. The Kier molecular flexibility index (Phi) is 5.18. The number of aryl methyl sites for hydroxylation is 2. The summed E-state index contributed by atoms with van der Waals surface area (Å²) in [6.07, 6.45) is 5.89. The van der Waals surface area contributed by atoms with E-state index < -0.39 is 0 Å². The van der Waals surface area contributed by atoms with Gasteiger partial charge in [-0.3, -0.25) is 4.79 Å². The molecule has 1 fully saturated rings. The first-order valence-electron chi connectivity index (χ1n) is 7.71. The van der Waals surface area contributed by atoms with Gasteiger partial charge >= 0.3 is 0 Å². The number of amides is 1. The second-order valence-electron chi connectivity index (χ2n) is 6.17. The number of carbonyl (C=O) groups is 1. The average Bonchev–Trinajstić information content (AvgIpc) is 2.82. The number of hydrogen-bond donors (Lipinski definition) is 1. The van der Waals surface area contributed by atoms with Crippen molar-refractivity contribution in [3.05, 3.63) is 41.0 Å². The van der Waals surface area contributed by atoms with E-state index in [1.54, 1.807) is 13.0 Å². The van der Waals surface area contributed by atoms with Crippen LogP contribution >= 0.6 is 0 Å². The molecule has 2 atom stereocenters. The summed E-state index contributed by atoms with van der Waals surface area (Å²) in [7, 11) is 0. The van der Waals surface area contributed by atoms with Crippen molar-refractivity contribution in [1.82, 2.24) is 4.90 Å². The van der Waals surface area contributed by atoms with Crippen molar-refractivity contribution >= 4 is 12.0 Å². The van der Waals surface area contributed by atoms with Crippen molar-refractivity contribution < 1.29 is 9.90 Å². The molecular weight excluding hydrogens is 262 g/mol. The Morgan fingerprint density at radius 3 is 2.67 bits per heavy atom. The Morgan fingerprint density at radius 2 is 2.05 bits per heavy atom. The lowest BCUT2D eigenvalue weighted by atomic mass is 10.1. The minimum absolute atomic E-state index is 0.0531. The predicted octanol–water partition coefficient (Wildman–Crippen LogP) is 3.08. The highest BCUT2D eigenvalue weighted by Gasteiger charge is 2.28. The number of aliphatic hydroxyl groups excluding tert-OH is 1. The largest absolute Gasteiger partial charge is 0.393 e. The van der Waals surface area contributed by atoms with Crippen LogP contribution in [0.2, 0.25) is 0 Å². The van der Waals surface area contributed by atoms with Crippen molar-refractivity contribution in [2.75, 3.05) is 6.54 Å². The molecule has 114 valence electrons. The molecule has 0 saturated carbocycles. The number of likely N-dealkylation sites (tertiary alicyclic amines) is 1. The molecule has 0 spiro atoms. The van der Waals surface area contributed by atoms with E-state index in [1.807, 2.05) is 11.0 Å². The Hall–Kier alpha value is -1.61. The Labute approximate surface area is 127 Å². The normalized spacial score (nSPS) is 20.2. The summed E-state index contributed by atoms with van der Waals surface area (Å²) in [5, 5.41) is 9.53. The first kappa shape index (κ1) is 15.8. The standard InChI is InChI=1S/C18H25NO2/c1-13-9-14(2)11-16(10-13)6-7-18(21)19-8-4-5-17(19)12-15(3)20/h6-7,9-11,15,17,20H,4-5,8,12H2,1-3H3/b7-6+. The molecule has 3 heteroatoms. The van der Waals surface area contributed by atoms with Crippen LogP contribution in [0, 0.1) is 13.8 Å². The van der Waals surface area contributed by atoms with E-state index in [9.17, 15) is 9.90 Å². The smallest absolute Gasteiger partial charge is 0.246 e. The van der Waals surface area contributed by atoms with Gasteiger partial charge in [-0.2, -0.15) is 0 Å². The molecule has 1 aliphatic heterocycles. The molecular formula is C18H25NO2. The number of benzene rings is 1. The van der Waals surface area contributed by atoms with Crippen LogP contribution in [-0.4, -0.2) is 34.6 Å². The molecule has 21 heavy (non-hydrogen) atoms. The van der Waals surface area contributed by atoms with E-state index in [0.717, 1.165) is 24.9 Å². The lowest BCUT2D eigenvalue weighted by molar-refractivity contribution is -0.127. The van der Waals surface area contributed by atoms with Gasteiger partial charge in [0.1, 0.15) is 0 Å². The molecule has 1 aromatic rings. The third kappa shape index (κ3) is 4.43. The molecule has 0 bridgehead atoms. The Morgan fingerprint density at radius 1 is 1.38 bits per heavy atom. The van der Waals surface area contributed by atoms with Gasteiger partial charge in [0.25, 0.3) is 0 Å². The van der Waals surface area contributed by atoms with Crippen molar-refractivity contribution in [3.63, 3.8) is 0 Å². The van der Waals surface area contributed by atoms with E-state index in [1.165, 1.54) is 11.1 Å². The third-order valence-electron chi connectivity index (χ3n) is 3.94. The van der Waals surface area contributed by atoms with Gasteiger partial charge in [-0.15, -0.1) is 0 Å². The van der Waals surface area contributed by atoms with Gasteiger partial charge in [0, 0.05) is 18.7 Å². The SMILES string of the molecule is Cc1cc(C)cc(/C=C/C(=O)N2CCCC2CC(C)O)c1. The quantitative estimate of drug-likeness (QED) is 0.865. The summed E-state index contributed by atoms with van der Waals surface area (Å²) in [6, 6.07) is 6.46. The van der Waals surface area contributed by atoms with Crippen LogP contribution < -0.4 is 0 Å². The zero-order chi connectivity index (χ0) is 15.4. The highest BCUT2D eigenvalue weighted by Crippen LogP contribution is 2.22. The van der Waals surface area contributed by atoms with E-state index in [0.29, 0.717) is 6.42 Å². The van der Waals surface area contributed by atoms with Gasteiger partial charge in [-0.1, -0.05) is 29.3 Å². The molecule has 1 amide bonds. The fraction of sp³-hybridized carbons (Fsp3) is 0.500. The van der Waals surface area contributed by atoms with Crippen LogP contribution in [0.25, 0.3) is 6.08 Å². The van der Waals surface area contributed by atoms with E-state index >= 15 is 0 Å². The van der Waals surface area contributed by atoms with Crippen molar-refractivity contribution in [3.8, 4) is 0 Å². The lowest BCUT2D eigenvalue weighted by Gasteiger charge is -2.24. The Bertz CT molecular complexity index is 514. The van der Waals surface area contributed by atoms with Crippen LogP contribution in [0.15, 0.2) is 24.3 Å². The lowest BCUT2D eigenvalue weighted by Crippen LogP contribution is -2.36. The first-order valence-corrected chi connectivity index (χ1v) is 7.71. The molecule has 2 rings (SSSR count). The van der Waals surface area contributed by atoms with Crippen molar-refractivity contribution in [2.45, 2.75) is 52.2 Å². The van der Waals surface area contributed by atoms with Gasteiger partial charge in [0.2, 0.25) is 5.91 Å². The summed E-state index contributed by atoms with van der Waals surface area (Å²) < 4.78 is 0. The maximum absolute atomic E-state index is 12.3. The highest BCUT2D eigenvalue weighted by atomic mass is 16.3. The van der Waals surface area contributed by atoms with E-state index in [2.05, 4.69) is 32.0 Å². The van der Waals surface area contributed by atoms with Crippen LogP contribution in [0.1, 0.15) is 42.9 Å². The summed E-state index contributed by atoms with van der Waals surface area (Å²) >= 11 is 0. The van der Waals surface area contributed by atoms with E-state index in [4.69, 9.17) is 0 Å². The number of carbonyl (C=O) groups excluding carboxylic acids is 1. The fourth-order valence-corrected chi connectivity index (χ4v) is 3.13. The molecule has 0 aromatic heterocycles. The Balaban J connectivity index is 2.04. The van der Waals surface area contributed by atoms with Gasteiger partial charge < -0.3 is 10.0 Å². The van der Waals surface area contributed by atoms with Crippen molar-refractivity contribution in [1.29, 1.82) is 0 Å². The molecule has 2 unspecified atom stereocenters. The zero-order valence-corrected chi connectivity index (χ0v) is 13.2. The number of nitrogens with zero attached hydrogens (tertiary/aromatic N) is 1. The van der Waals surface area contributed by atoms with Crippen molar-refractivity contribution in [2.24, 2.45) is 0 Å². The second-order valence-corrected chi connectivity index (χ2v) is 6.17. The molecule has 1 N–H and O–H groups in total. The monoisotopic (exact) mass is 287 g/mol. The molecule has 3 nitrogen and oxygen atoms in total. The maximum Gasteiger partial charge on any atom is 0.246 e. The van der Waals surface area contributed by atoms with Crippen LogP contribution in [0.5, 0.6) is 0 Å². The predicted molar refractivity (Wildman–Crippen MR) is 86.0 cm³/mol. The second kappa shape index (κ2) is 6.90. The molecule has 1 saturated heterocycles. The minimum Gasteiger partial charge on any atom is -0.393 e. The summed E-state index contributed by atoms with van der Waals surface area (Å²) in [5.41, 5.74) is 3.47. The molecule has 1 heterocycles. The van der Waals surface area contributed by atoms with Gasteiger partial charge in [-0.05, 0) is 51.7 Å². The number of rotatable bonds is 4. The first-order chi connectivity index (χ1) is 9.95. The number of aliphatic hydroxyl groups is 1. The van der Waals surface area contributed by atoms with Crippen LogP contribution in [0.3, 0.4) is 0 Å².